The molecule has 0 amide bonds. The van der Waals surface area contributed by atoms with Crippen LogP contribution in [-0.4, -0.2) is 44.8 Å². The number of pyridine rings is 1. The number of carbonyl (C=O) groups is 1. The fraction of sp³-hybridized carbons (Fsp3) is 0.368. The Morgan fingerprint density at radius 3 is 2.73 bits per heavy atom. The Hall–Kier alpha value is -2.83. The molecule has 7 heteroatoms. The summed E-state index contributed by atoms with van der Waals surface area (Å²) in [6, 6.07) is 9.97. The van der Waals surface area contributed by atoms with Crippen molar-refractivity contribution in [1.29, 1.82) is 0 Å². The summed E-state index contributed by atoms with van der Waals surface area (Å²) in [7, 11) is 2.79. The number of esters is 1. The molecule has 1 aliphatic heterocycles. The van der Waals surface area contributed by atoms with Crippen molar-refractivity contribution in [2.24, 2.45) is 5.92 Å². The second kappa shape index (κ2) is 8.03. The van der Waals surface area contributed by atoms with Crippen molar-refractivity contribution in [3.05, 3.63) is 47.8 Å². The number of halogens is 1. The molecule has 138 valence electrons. The lowest BCUT2D eigenvalue weighted by Crippen LogP contribution is -2.22. The minimum absolute atomic E-state index is 0.221. The van der Waals surface area contributed by atoms with Gasteiger partial charge in [0.05, 0.1) is 14.2 Å². The fourth-order valence-corrected chi connectivity index (χ4v) is 3.09. The molecule has 3 rings (SSSR count). The van der Waals surface area contributed by atoms with Crippen LogP contribution in [0, 0.1) is 11.7 Å². The molecule has 1 fully saturated rings. The quantitative estimate of drug-likeness (QED) is 0.800. The summed E-state index contributed by atoms with van der Waals surface area (Å²) < 4.78 is 22.9. The van der Waals surface area contributed by atoms with Gasteiger partial charge in [0.2, 0.25) is 5.88 Å². The monoisotopic (exact) mass is 359 g/mol. The number of hydrogen-bond acceptors (Lipinski definition) is 6. The highest BCUT2D eigenvalue weighted by Crippen LogP contribution is 2.25. The second-order valence-corrected chi connectivity index (χ2v) is 6.20. The number of carbonyl (C=O) groups excluding carboxylic acids is 1. The van der Waals surface area contributed by atoms with E-state index in [4.69, 9.17) is 9.47 Å². The van der Waals surface area contributed by atoms with Crippen molar-refractivity contribution in [3.8, 4) is 5.88 Å². The largest absolute Gasteiger partial charge is 0.480 e. The maximum Gasteiger partial charge on any atom is 0.343 e. The van der Waals surface area contributed by atoms with Crippen LogP contribution in [0.15, 0.2) is 36.4 Å². The standard InChI is InChI=1S/C19H22FN3O3/c1-25-18-16(19(24)26-2)7-8-17(22-18)21-11-13-9-10-23(12-13)15-5-3-14(20)4-6-15/h3-8,13H,9-12H2,1-2H3,(H,21,22). The summed E-state index contributed by atoms with van der Waals surface area (Å²) in [5.74, 6) is 0.636. The van der Waals surface area contributed by atoms with Crippen LogP contribution in [-0.2, 0) is 4.74 Å². The first-order valence-electron chi connectivity index (χ1n) is 8.48. The second-order valence-electron chi connectivity index (χ2n) is 6.20. The molecule has 1 atom stereocenters. The Kier molecular flexibility index (Phi) is 5.55. The molecule has 0 radical (unpaired) electrons. The Labute approximate surface area is 151 Å². The Morgan fingerprint density at radius 2 is 2.04 bits per heavy atom. The molecule has 26 heavy (non-hydrogen) atoms. The summed E-state index contributed by atoms with van der Waals surface area (Å²) in [5.41, 5.74) is 1.33. The van der Waals surface area contributed by atoms with Crippen LogP contribution in [0.4, 0.5) is 15.9 Å². The van der Waals surface area contributed by atoms with E-state index in [9.17, 15) is 9.18 Å². The smallest absolute Gasteiger partial charge is 0.343 e. The lowest BCUT2D eigenvalue weighted by molar-refractivity contribution is 0.0596. The highest BCUT2D eigenvalue weighted by atomic mass is 19.1. The molecule has 2 aromatic rings. The normalized spacial score (nSPS) is 16.4. The van der Waals surface area contributed by atoms with Gasteiger partial charge < -0.3 is 19.7 Å². The van der Waals surface area contributed by atoms with Gasteiger partial charge in [0, 0.05) is 25.3 Å². The highest BCUT2D eigenvalue weighted by molar-refractivity contribution is 5.92. The zero-order chi connectivity index (χ0) is 18.5. The van der Waals surface area contributed by atoms with E-state index >= 15 is 0 Å². The summed E-state index contributed by atoms with van der Waals surface area (Å²) in [6.07, 6.45) is 1.04. The number of nitrogens with zero attached hydrogens (tertiary/aromatic N) is 2. The lowest BCUT2D eigenvalue weighted by Gasteiger charge is -2.19. The number of anilines is 2. The fourth-order valence-electron chi connectivity index (χ4n) is 3.09. The van der Waals surface area contributed by atoms with Gasteiger partial charge in [-0.1, -0.05) is 0 Å². The van der Waals surface area contributed by atoms with E-state index in [0.29, 0.717) is 17.3 Å². The molecular weight excluding hydrogens is 337 g/mol. The van der Waals surface area contributed by atoms with Crippen LogP contribution in [0.3, 0.4) is 0 Å². The number of benzene rings is 1. The van der Waals surface area contributed by atoms with Crippen LogP contribution in [0.2, 0.25) is 0 Å². The lowest BCUT2D eigenvalue weighted by atomic mass is 10.1. The summed E-state index contributed by atoms with van der Waals surface area (Å²) in [6.45, 7) is 2.59. The van der Waals surface area contributed by atoms with E-state index in [1.807, 2.05) is 12.1 Å². The minimum Gasteiger partial charge on any atom is -0.480 e. The average Bonchev–Trinajstić information content (AvgIpc) is 3.15. The van der Waals surface area contributed by atoms with Crippen molar-refractivity contribution >= 4 is 17.5 Å². The van der Waals surface area contributed by atoms with Gasteiger partial charge in [-0.3, -0.25) is 0 Å². The van der Waals surface area contributed by atoms with Crippen molar-refractivity contribution in [2.45, 2.75) is 6.42 Å². The van der Waals surface area contributed by atoms with E-state index in [2.05, 4.69) is 15.2 Å². The predicted octanol–water partition coefficient (Wildman–Crippen LogP) is 2.95. The number of nitrogens with one attached hydrogen (secondary N) is 1. The molecule has 1 aromatic carbocycles. The SMILES string of the molecule is COC(=O)c1ccc(NCC2CCN(c3ccc(F)cc3)C2)nc1OC. The summed E-state index contributed by atoms with van der Waals surface area (Å²) in [4.78, 5) is 18.2. The Bertz CT molecular complexity index is 767. The minimum atomic E-state index is -0.480. The molecule has 2 heterocycles. The number of hydrogen-bond donors (Lipinski definition) is 1. The number of aromatic nitrogens is 1. The molecule has 6 nitrogen and oxygen atoms in total. The summed E-state index contributed by atoms with van der Waals surface area (Å²) in [5, 5.41) is 3.30. The van der Waals surface area contributed by atoms with Crippen molar-refractivity contribution in [3.63, 3.8) is 0 Å². The maximum absolute atomic E-state index is 13.0. The molecule has 0 spiro atoms. The van der Waals surface area contributed by atoms with E-state index in [-0.39, 0.29) is 11.7 Å². The van der Waals surface area contributed by atoms with Gasteiger partial charge in [0.25, 0.3) is 0 Å². The molecular formula is C19H22FN3O3. The van der Waals surface area contributed by atoms with Gasteiger partial charge in [-0.15, -0.1) is 0 Å². The Morgan fingerprint density at radius 1 is 1.27 bits per heavy atom. The average molecular weight is 359 g/mol. The van der Waals surface area contributed by atoms with E-state index in [1.165, 1.54) is 26.4 Å². The molecule has 1 unspecified atom stereocenters. The zero-order valence-corrected chi connectivity index (χ0v) is 14.9. The molecule has 1 aliphatic rings. The topological polar surface area (TPSA) is 63.7 Å². The number of methoxy groups -OCH3 is 2. The maximum atomic E-state index is 13.0. The molecule has 0 saturated carbocycles. The van der Waals surface area contributed by atoms with E-state index in [1.54, 1.807) is 12.1 Å². The highest BCUT2D eigenvalue weighted by Gasteiger charge is 2.23. The van der Waals surface area contributed by atoms with Crippen LogP contribution >= 0.6 is 0 Å². The van der Waals surface area contributed by atoms with Gasteiger partial charge in [0.1, 0.15) is 17.2 Å². The third-order valence-electron chi connectivity index (χ3n) is 4.51. The third-order valence-corrected chi connectivity index (χ3v) is 4.51. The summed E-state index contributed by atoms with van der Waals surface area (Å²) >= 11 is 0. The molecule has 0 aliphatic carbocycles. The van der Waals surface area contributed by atoms with Crippen LogP contribution in [0.5, 0.6) is 5.88 Å². The molecule has 1 saturated heterocycles. The van der Waals surface area contributed by atoms with Crippen molar-refractivity contribution < 1.29 is 18.7 Å². The first-order valence-corrected chi connectivity index (χ1v) is 8.48. The zero-order valence-electron chi connectivity index (χ0n) is 14.9. The van der Waals surface area contributed by atoms with Crippen molar-refractivity contribution in [1.82, 2.24) is 4.98 Å². The first-order chi connectivity index (χ1) is 12.6. The van der Waals surface area contributed by atoms with E-state index < -0.39 is 5.97 Å². The molecule has 1 N–H and O–H groups in total. The van der Waals surface area contributed by atoms with Gasteiger partial charge in [-0.05, 0) is 48.7 Å². The molecule has 1 aromatic heterocycles. The van der Waals surface area contributed by atoms with Gasteiger partial charge in [0.15, 0.2) is 0 Å². The Balaban J connectivity index is 1.58. The van der Waals surface area contributed by atoms with Gasteiger partial charge in [-0.25, -0.2) is 9.18 Å². The van der Waals surface area contributed by atoms with E-state index in [0.717, 1.165) is 31.7 Å². The number of rotatable bonds is 6. The first kappa shape index (κ1) is 18.0. The number of ether oxygens (including phenoxy) is 2. The van der Waals surface area contributed by atoms with Gasteiger partial charge >= 0.3 is 5.97 Å². The van der Waals surface area contributed by atoms with Crippen molar-refractivity contribution in [2.75, 3.05) is 44.1 Å². The third kappa shape index (κ3) is 4.04. The van der Waals surface area contributed by atoms with Crippen LogP contribution < -0.4 is 15.0 Å². The molecule has 0 bridgehead atoms. The van der Waals surface area contributed by atoms with Crippen LogP contribution in [0.1, 0.15) is 16.8 Å². The predicted molar refractivity (Wildman–Crippen MR) is 97.3 cm³/mol. The van der Waals surface area contributed by atoms with Gasteiger partial charge in [-0.2, -0.15) is 4.98 Å². The van der Waals surface area contributed by atoms with Crippen LogP contribution in [0.25, 0.3) is 0 Å².